The third kappa shape index (κ3) is 6.42. The van der Waals surface area contributed by atoms with Crippen LogP contribution in [-0.2, 0) is 20.8 Å². The summed E-state index contributed by atoms with van der Waals surface area (Å²) in [7, 11) is 2.84. The van der Waals surface area contributed by atoms with Gasteiger partial charge in [-0.25, -0.2) is 9.59 Å². The minimum absolute atomic E-state index is 0.243. The zero-order valence-corrected chi connectivity index (χ0v) is 14.1. The lowest BCUT2D eigenvalue weighted by molar-refractivity contribution is 0.0523. The fourth-order valence-electron chi connectivity index (χ4n) is 1.78. The number of ether oxygens (including phenoxy) is 3. The first-order chi connectivity index (χ1) is 10.8. The van der Waals surface area contributed by atoms with Crippen LogP contribution in [0.4, 0.5) is 4.79 Å². The Balaban J connectivity index is 2.87. The van der Waals surface area contributed by atoms with Gasteiger partial charge in [0, 0.05) is 6.54 Å². The highest BCUT2D eigenvalue weighted by molar-refractivity contribution is 5.93. The fraction of sp³-hybridized carbons (Fsp3) is 0.412. The molecule has 0 bridgehead atoms. The molecule has 0 fully saturated rings. The Hall–Kier alpha value is -2.50. The molecule has 0 spiro atoms. The molecule has 6 heteroatoms. The van der Waals surface area contributed by atoms with Crippen LogP contribution in [0.3, 0.4) is 0 Å². The van der Waals surface area contributed by atoms with Crippen LogP contribution in [0.1, 0.15) is 42.3 Å². The average Bonchev–Trinajstić information content (AvgIpc) is 2.48. The van der Waals surface area contributed by atoms with E-state index in [0.29, 0.717) is 11.1 Å². The van der Waals surface area contributed by atoms with Gasteiger partial charge in [-0.15, -0.1) is 0 Å². The molecular formula is C17H23NO5. The molecule has 1 amide bonds. The molecule has 1 rings (SSSR count). The Kier molecular flexibility index (Phi) is 6.63. The second-order valence-electron chi connectivity index (χ2n) is 5.81. The monoisotopic (exact) mass is 321 g/mol. The van der Waals surface area contributed by atoms with Crippen molar-refractivity contribution in [2.45, 2.75) is 32.9 Å². The second kappa shape index (κ2) is 8.22. The topological polar surface area (TPSA) is 73.9 Å². The fourth-order valence-corrected chi connectivity index (χ4v) is 1.78. The quantitative estimate of drug-likeness (QED) is 0.666. The molecule has 1 N–H and O–H groups in total. The van der Waals surface area contributed by atoms with Crippen molar-refractivity contribution in [3.8, 4) is 0 Å². The summed E-state index contributed by atoms with van der Waals surface area (Å²) in [5, 5.41) is 2.65. The minimum Gasteiger partial charge on any atom is -0.504 e. The summed E-state index contributed by atoms with van der Waals surface area (Å²) >= 11 is 0. The van der Waals surface area contributed by atoms with Crippen molar-refractivity contribution in [3.63, 3.8) is 0 Å². The molecule has 0 aliphatic heterocycles. The molecule has 6 nitrogen and oxygen atoms in total. The van der Waals surface area contributed by atoms with Crippen molar-refractivity contribution in [1.82, 2.24) is 5.32 Å². The molecule has 0 radical (unpaired) electrons. The van der Waals surface area contributed by atoms with Gasteiger partial charge in [0.15, 0.2) is 0 Å². The number of carbonyl (C=O) groups is 2. The molecule has 0 saturated heterocycles. The van der Waals surface area contributed by atoms with Gasteiger partial charge in [-0.3, -0.25) is 0 Å². The average molecular weight is 321 g/mol. The van der Waals surface area contributed by atoms with Gasteiger partial charge in [-0.2, -0.15) is 0 Å². The summed E-state index contributed by atoms with van der Waals surface area (Å²) in [5.41, 5.74) is 1.26. The van der Waals surface area contributed by atoms with Gasteiger partial charge >= 0.3 is 12.1 Å². The summed E-state index contributed by atoms with van der Waals surface area (Å²) in [6.07, 6.45) is 2.62. The number of nitrogens with one attached hydrogen (secondary N) is 1. The van der Waals surface area contributed by atoms with Gasteiger partial charge in [0.25, 0.3) is 0 Å². The third-order valence-electron chi connectivity index (χ3n) is 2.74. The smallest absolute Gasteiger partial charge is 0.407 e. The molecule has 0 aliphatic carbocycles. The van der Waals surface area contributed by atoms with Crippen LogP contribution < -0.4 is 5.32 Å². The first-order valence-electron chi connectivity index (χ1n) is 7.14. The number of alkyl carbamates (subject to hydrolysis) is 1. The molecule has 1 aromatic carbocycles. The number of carbonyl (C=O) groups excluding carboxylic acids is 2. The predicted octanol–water partition coefficient (Wildman–Crippen LogP) is 3.12. The largest absolute Gasteiger partial charge is 0.504 e. The highest BCUT2D eigenvalue weighted by Gasteiger charge is 2.16. The minimum atomic E-state index is -0.559. The summed E-state index contributed by atoms with van der Waals surface area (Å²) in [4.78, 5) is 23.5. The third-order valence-corrected chi connectivity index (χ3v) is 2.74. The van der Waals surface area contributed by atoms with E-state index in [4.69, 9.17) is 14.2 Å². The molecule has 0 unspecified atom stereocenters. The zero-order valence-electron chi connectivity index (χ0n) is 14.1. The van der Waals surface area contributed by atoms with E-state index in [0.717, 1.165) is 5.56 Å². The van der Waals surface area contributed by atoms with Crippen LogP contribution in [-0.4, -0.2) is 31.9 Å². The highest BCUT2D eigenvalue weighted by atomic mass is 16.6. The van der Waals surface area contributed by atoms with Crippen LogP contribution in [0.25, 0.3) is 6.08 Å². The first-order valence-corrected chi connectivity index (χ1v) is 7.14. The number of methoxy groups -OCH3 is 2. The van der Waals surface area contributed by atoms with Crippen LogP contribution in [0.2, 0.25) is 0 Å². The summed E-state index contributed by atoms with van der Waals surface area (Å²) < 4.78 is 14.8. The number of benzene rings is 1. The van der Waals surface area contributed by atoms with E-state index in [1.807, 2.05) is 0 Å². The van der Waals surface area contributed by atoms with Crippen molar-refractivity contribution in [2.75, 3.05) is 14.2 Å². The van der Waals surface area contributed by atoms with E-state index < -0.39 is 17.7 Å². The Morgan fingerprint density at radius 2 is 1.91 bits per heavy atom. The maximum Gasteiger partial charge on any atom is 0.407 e. The number of rotatable bonds is 5. The van der Waals surface area contributed by atoms with Crippen LogP contribution in [0.15, 0.2) is 24.5 Å². The van der Waals surface area contributed by atoms with Gasteiger partial charge < -0.3 is 19.5 Å². The van der Waals surface area contributed by atoms with Crippen LogP contribution >= 0.6 is 0 Å². The van der Waals surface area contributed by atoms with Crippen LogP contribution in [0.5, 0.6) is 0 Å². The van der Waals surface area contributed by atoms with Gasteiger partial charge in [0.1, 0.15) is 5.60 Å². The second-order valence-corrected chi connectivity index (χ2v) is 5.81. The summed E-state index contributed by atoms with van der Waals surface area (Å²) in [5.74, 6) is -0.458. The first kappa shape index (κ1) is 18.5. The SMILES string of the molecule is COC=Cc1ccc(CNC(=O)OC(C)(C)C)cc1C(=O)OC. The van der Waals surface area contributed by atoms with Gasteiger partial charge in [0.05, 0.1) is 26.0 Å². The lowest BCUT2D eigenvalue weighted by Gasteiger charge is -2.19. The summed E-state index contributed by atoms with van der Waals surface area (Å²) in [6, 6.07) is 5.23. The molecule has 0 atom stereocenters. The highest BCUT2D eigenvalue weighted by Crippen LogP contribution is 2.16. The zero-order chi connectivity index (χ0) is 17.5. The number of amides is 1. The van der Waals surface area contributed by atoms with Gasteiger partial charge in [-0.05, 0) is 44.0 Å². The molecule has 23 heavy (non-hydrogen) atoms. The van der Waals surface area contributed by atoms with Crippen molar-refractivity contribution >= 4 is 18.1 Å². The van der Waals surface area contributed by atoms with Crippen molar-refractivity contribution in [1.29, 1.82) is 0 Å². The number of hydrogen-bond acceptors (Lipinski definition) is 5. The summed E-state index contributed by atoms with van der Waals surface area (Å²) in [6.45, 7) is 5.61. The van der Waals surface area contributed by atoms with E-state index in [1.54, 1.807) is 45.0 Å². The van der Waals surface area contributed by atoms with Crippen molar-refractivity contribution < 1.29 is 23.8 Å². The Morgan fingerprint density at radius 3 is 2.48 bits per heavy atom. The van der Waals surface area contributed by atoms with E-state index in [-0.39, 0.29) is 6.54 Å². The number of esters is 1. The lowest BCUT2D eigenvalue weighted by Crippen LogP contribution is -2.32. The van der Waals surface area contributed by atoms with Crippen molar-refractivity contribution in [2.24, 2.45) is 0 Å². The Bertz CT molecular complexity index is 587. The molecule has 0 heterocycles. The normalized spacial score (nSPS) is 11.2. The van der Waals surface area contributed by atoms with Gasteiger partial charge in [-0.1, -0.05) is 12.1 Å². The van der Waals surface area contributed by atoms with E-state index in [1.165, 1.54) is 20.5 Å². The van der Waals surface area contributed by atoms with E-state index in [9.17, 15) is 9.59 Å². The molecule has 0 saturated carbocycles. The van der Waals surface area contributed by atoms with E-state index in [2.05, 4.69) is 5.32 Å². The molecule has 1 aromatic rings. The van der Waals surface area contributed by atoms with Crippen molar-refractivity contribution in [3.05, 3.63) is 41.2 Å². The van der Waals surface area contributed by atoms with Crippen LogP contribution in [0, 0.1) is 0 Å². The van der Waals surface area contributed by atoms with Gasteiger partial charge in [0.2, 0.25) is 0 Å². The standard InChI is InChI=1S/C17H23NO5/c1-17(2,3)23-16(20)18-11-12-6-7-13(8-9-21-4)14(10-12)15(19)22-5/h6-10H,11H2,1-5H3,(H,18,20). The maximum absolute atomic E-state index is 11.9. The predicted molar refractivity (Wildman–Crippen MR) is 86.9 cm³/mol. The number of hydrogen-bond donors (Lipinski definition) is 1. The Morgan fingerprint density at radius 1 is 1.22 bits per heavy atom. The molecule has 0 aromatic heterocycles. The lowest BCUT2D eigenvalue weighted by atomic mass is 10.0. The van der Waals surface area contributed by atoms with E-state index >= 15 is 0 Å². The molecule has 126 valence electrons. The molecular weight excluding hydrogens is 298 g/mol. The molecule has 0 aliphatic rings. The Labute approximate surface area is 136 Å². The maximum atomic E-state index is 11.9.